The first-order valence-corrected chi connectivity index (χ1v) is 6.43. The van der Waals surface area contributed by atoms with Gasteiger partial charge in [-0.25, -0.2) is 4.98 Å². The van der Waals surface area contributed by atoms with Crippen molar-refractivity contribution in [2.75, 3.05) is 17.7 Å². The summed E-state index contributed by atoms with van der Waals surface area (Å²) in [7, 11) is 0. The maximum Gasteiger partial charge on any atom is 0.257 e. The van der Waals surface area contributed by atoms with Crippen LogP contribution in [0.25, 0.3) is 0 Å². The van der Waals surface area contributed by atoms with Crippen molar-refractivity contribution in [2.24, 2.45) is 0 Å². The van der Waals surface area contributed by atoms with E-state index in [4.69, 9.17) is 22.1 Å². The van der Waals surface area contributed by atoms with E-state index in [1.165, 1.54) is 6.20 Å². The third-order valence-electron chi connectivity index (χ3n) is 2.56. The third-order valence-corrected chi connectivity index (χ3v) is 2.98. The molecular formula is C14H14ClN3O2. The van der Waals surface area contributed by atoms with Crippen LogP contribution < -0.4 is 15.8 Å². The van der Waals surface area contributed by atoms with Gasteiger partial charge in [-0.1, -0.05) is 17.7 Å². The molecule has 0 bridgehead atoms. The summed E-state index contributed by atoms with van der Waals surface area (Å²) in [6.45, 7) is 2.41. The van der Waals surface area contributed by atoms with Crippen molar-refractivity contribution in [2.45, 2.75) is 6.92 Å². The van der Waals surface area contributed by atoms with E-state index in [9.17, 15) is 4.79 Å². The Morgan fingerprint density at radius 3 is 2.85 bits per heavy atom. The molecule has 5 nitrogen and oxygen atoms in total. The molecule has 20 heavy (non-hydrogen) atoms. The molecule has 6 heteroatoms. The largest absolute Gasteiger partial charge is 0.478 e. The molecule has 0 aliphatic rings. The van der Waals surface area contributed by atoms with Crippen LogP contribution in [0, 0.1) is 0 Å². The number of amides is 1. The Kier molecular flexibility index (Phi) is 4.42. The molecule has 1 amide bonds. The predicted molar refractivity (Wildman–Crippen MR) is 79.2 cm³/mol. The lowest BCUT2D eigenvalue weighted by Gasteiger charge is -2.08. The minimum atomic E-state index is -0.340. The highest BCUT2D eigenvalue weighted by Crippen LogP contribution is 2.24. The zero-order valence-corrected chi connectivity index (χ0v) is 11.6. The molecule has 104 valence electrons. The van der Waals surface area contributed by atoms with Crippen LogP contribution >= 0.6 is 11.6 Å². The first-order valence-electron chi connectivity index (χ1n) is 6.06. The van der Waals surface area contributed by atoms with Crippen LogP contribution in [-0.4, -0.2) is 17.5 Å². The Balaban J connectivity index is 2.13. The summed E-state index contributed by atoms with van der Waals surface area (Å²) < 4.78 is 5.22. The van der Waals surface area contributed by atoms with E-state index in [1.807, 2.05) is 6.92 Å². The van der Waals surface area contributed by atoms with Crippen molar-refractivity contribution >= 4 is 28.9 Å². The Morgan fingerprint density at radius 2 is 2.20 bits per heavy atom. The molecule has 0 saturated carbocycles. The summed E-state index contributed by atoms with van der Waals surface area (Å²) in [6, 6.07) is 8.30. The second kappa shape index (κ2) is 6.25. The van der Waals surface area contributed by atoms with Gasteiger partial charge < -0.3 is 15.8 Å². The van der Waals surface area contributed by atoms with Crippen LogP contribution in [0.4, 0.5) is 11.4 Å². The molecule has 0 saturated heterocycles. The number of rotatable bonds is 4. The van der Waals surface area contributed by atoms with Crippen LogP contribution in [0.3, 0.4) is 0 Å². The Bertz CT molecular complexity index is 614. The molecule has 1 heterocycles. The van der Waals surface area contributed by atoms with Gasteiger partial charge in [0.25, 0.3) is 5.91 Å². The van der Waals surface area contributed by atoms with E-state index in [0.717, 1.165) is 0 Å². The first-order chi connectivity index (χ1) is 9.61. The van der Waals surface area contributed by atoms with Gasteiger partial charge in [-0.05, 0) is 25.1 Å². The van der Waals surface area contributed by atoms with Crippen LogP contribution in [0.1, 0.15) is 17.3 Å². The lowest BCUT2D eigenvalue weighted by molar-refractivity contribution is 0.102. The topological polar surface area (TPSA) is 77.2 Å². The number of nitrogen functional groups attached to an aromatic ring is 1. The minimum Gasteiger partial charge on any atom is -0.478 e. The smallest absolute Gasteiger partial charge is 0.257 e. The Morgan fingerprint density at radius 1 is 1.40 bits per heavy atom. The van der Waals surface area contributed by atoms with Gasteiger partial charge in [0.1, 0.15) is 0 Å². The Labute approximate surface area is 121 Å². The summed E-state index contributed by atoms with van der Waals surface area (Å²) >= 11 is 6.00. The van der Waals surface area contributed by atoms with E-state index in [2.05, 4.69) is 10.3 Å². The lowest BCUT2D eigenvalue weighted by Crippen LogP contribution is -2.13. The van der Waals surface area contributed by atoms with E-state index >= 15 is 0 Å². The van der Waals surface area contributed by atoms with Gasteiger partial charge in [-0.2, -0.15) is 0 Å². The first kappa shape index (κ1) is 14.1. The normalized spacial score (nSPS) is 10.1. The molecular weight excluding hydrogens is 278 g/mol. The number of carbonyl (C=O) groups is 1. The van der Waals surface area contributed by atoms with Gasteiger partial charge >= 0.3 is 0 Å². The molecule has 0 fully saturated rings. The SMILES string of the molecule is CCOc1ccc(NC(=O)c2cccc(N)c2Cl)cn1. The molecule has 0 aliphatic heterocycles. The van der Waals surface area contributed by atoms with Gasteiger partial charge in [0.15, 0.2) is 0 Å². The number of anilines is 2. The van der Waals surface area contributed by atoms with Crippen LogP contribution in [0.2, 0.25) is 5.02 Å². The van der Waals surface area contributed by atoms with Crippen LogP contribution in [0.5, 0.6) is 5.88 Å². The number of pyridine rings is 1. The van der Waals surface area contributed by atoms with Crippen LogP contribution in [0.15, 0.2) is 36.5 Å². The highest BCUT2D eigenvalue weighted by molar-refractivity contribution is 6.36. The second-order valence-electron chi connectivity index (χ2n) is 3.98. The number of hydrogen-bond acceptors (Lipinski definition) is 4. The van der Waals surface area contributed by atoms with Crippen molar-refractivity contribution in [3.8, 4) is 5.88 Å². The number of aromatic nitrogens is 1. The number of hydrogen-bond donors (Lipinski definition) is 2. The van der Waals surface area contributed by atoms with Crippen molar-refractivity contribution in [1.29, 1.82) is 0 Å². The second-order valence-corrected chi connectivity index (χ2v) is 4.36. The van der Waals surface area contributed by atoms with E-state index in [1.54, 1.807) is 30.3 Å². The quantitative estimate of drug-likeness (QED) is 0.849. The van der Waals surface area contributed by atoms with Crippen molar-refractivity contribution in [3.63, 3.8) is 0 Å². The van der Waals surface area contributed by atoms with Gasteiger partial charge in [0, 0.05) is 6.07 Å². The van der Waals surface area contributed by atoms with E-state index in [-0.39, 0.29) is 10.9 Å². The number of halogens is 1. The maximum absolute atomic E-state index is 12.1. The van der Waals surface area contributed by atoms with Crippen molar-refractivity contribution in [3.05, 3.63) is 47.1 Å². The van der Waals surface area contributed by atoms with Crippen LogP contribution in [-0.2, 0) is 0 Å². The summed E-state index contributed by atoms with van der Waals surface area (Å²) in [5.74, 6) is 0.167. The summed E-state index contributed by atoms with van der Waals surface area (Å²) in [5.41, 5.74) is 6.90. The van der Waals surface area contributed by atoms with E-state index < -0.39 is 0 Å². The summed E-state index contributed by atoms with van der Waals surface area (Å²) in [4.78, 5) is 16.1. The van der Waals surface area contributed by atoms with Gasteiger partial charge in [0.05, 0.1) is 34.8 Å². The van der Waals surface area contributed by atoms with Crippen molar-refractivity contribution in [1.82, 2.24) is 4.98 Å². The monoisotopic (exact) mass is 291 g/mol. The highest BCUT2D eigenvalue weighted by Gasteiger charge is 2.12. The molecule has 1 aromatic heterocycles. The molecule has 0 atom stereocenters. The molecule has 3 N–H and O–H groups in total. The number of benzene rings is 1. The molecule has 2 rings (SSSR count). The average Bonchev–Trinajstić information content (AvgIpc) is 2.44. The fourth-order valence-corrected chi connectivity index (χ4v) is 1.82. The molecule has 1 aromatic carbocycles. The maximum atomic E-state index is 12.1. The third kappa shape index (κ3) is 3.19. The number of nitrogens with two attached hydrogens (primary N) is 1. The lowest BCUT2D eigenvalue weighted by atomic mass is 10.2. The fraction of sp³-hybridized carbons (Fsp3) is 0.143. The Hall–Kier alpha value is -2.27. The fourth-order valence-electron chi connectivity index (χ4n) is 1.61. The number of ether oxygens (including phenoxy) is 1. The van der Waals surface area contributed by atoms with Gasteiger partial charge in [-0.15, -0.1) is 0 Å². The van der Waals surface area contributed by atoms with E-state index in [0.29, 0.717) is 29.4 Å². The van der Waals surface area contributed by atoms with Gasteiger partial charge in [-0.3, -0.25) is 4.79 Å². The average molecular weight is 292 g/mol. The highest BCUT2D eigenvalue weighted by atomic mass is 35.5. The minimum absolute atomic E-state index is 0.240. The predicted octanol–water partition coefficient (Wildman–Crippen LogP) is 2.97. The zero-order chi connectivity index (χ0) is 14.5. The molecule has 0 unspecified atom stereocenters. The number of nitrogens with zero attached hydrogens (tertiary/aromatic N) is 1. The number of carbonyl (C=O) groups excluding carboxylic acids is 1. The summed E-state index contributed by atoms with van der Waals surface area (Å²) in [6.07, 6.45) is 1.52. The van der Waals surface area contributed by atoms with Crippen molar-refractivity contribution < 1.29 is 9.53 Å². The molecule has 2 aromatic rings. The number of nitrogens with one attached hydrogen (secondary N) is 1. The molecule has 0 aliphatic carbocycles. The zero-order valence-electron chi connectivity index (χ0n) is 10.9. The van der Waals surface area contributed by atoms with Gasteiger partial charge in [0.2, 0.25) is 5.88 Å². The molecule has 0 spiro atoms. The standard InChI is InChI=1S/C14H14ClN3O2/c1-2-20-12-7-6-9(8-17-12)18-14(19)10-4-3-5-11(16)13(10)15/h3-8H,2,16H2,1H3,(H,18,19). The molecule has 0 radical (unpaired) electrons. The summed E-state index contributed by atoms with van der Waals surface area (Å²) in [5, 5.41) is 2.94.